The molecule has 0 saturated carbocycles. The van der Waals surface area contributed by atoms with Crippen LogP contribution in [-0.2, 0) is 16.0 Å². The lowest BCUT2D eigenvalue weighted by atomic mass is 9.90. The van der Waals surface area contributed by atoms with Gasteiger partial charge in [-0.2, -0.15) is 0 Å². The number of carbonyl (C=O) groups is 2. The molecule has 5 aromatic rings. The van der Waals surface area contributed by atoms with Crippen LogP contribution < -0.4 is 10.2 Å². The largest absolute Gasteiger partial charge is 0.394 e. The van der Waals surface area contributed by atoms with Crippen LogP contribution in [0.1, 0.15) is 18.4 Å². The van der Waals surface area contributed by atoms with Crippen LogP contribution >= 0.6 is 0 Å². The lowest BCUT2D eigenvalue weighted by Crippen LogP contribution is -2.56. The minimum Gasteiger partial charge on any atom is -0.394 e. The smallest absolute Gasteiger partial charge is 0.247 e. The minimum atomic E-state index is -0.959. The second-order valence-corrected chi connectivity index (χ2v) is 10.5. The first-order valence-corrected chi connectivity index (χ1v) is 13.9. The third-order valence-corrected chi connectivity index (χ3v) is 8.07. The Morgan fingerprint density at radius 2 is 1.48 bits per heavy atom. The van der Waals surface area contributed by atoms with Crippen molar-refractivity contribution in [1.82, 2.24) is 10.2 Å². The van der Waals surface area contributed by atoms with E-state index in [1.807, 2.05) is 0 Å². The van der Waals surface area contributed by atoms with Gasteiger partial charge in [-0.15, -0.1) is 0 Å². The summed E-state index contributed by atoms with van der Waals surface area (Å²) in [4.78, 5) is 29.6. The molecule has 0 radical (unpaired) electrons. The summed E-state index contributed by atoms with van der Waals surface area (Å²) in [6.07, 6.45) is 1.65. The average molecular weight is 538 g/mol. The molecule has 204 valence electrons. The number of aliphatic hydroxyl groups is 1. The zero-order valence-electron chi connectivity index (χ0n) is 22.3. The van der Waals surface area contributed by atoms with Gasteiger partial charge in [0.1, 0.15) is 11.9 Å². The van der Waals surface area contributed by atoms with Gasteiger partial charge in [-0.25, -0.2) is 4.39 Å². The van der Waals surface area contributed by atoms with Crippen molar-refractivity contribution in [3.63, 3.8) is 0 Å². The third-order valence-electron chi connectivity index (χ3n) is 8.07. The Balaban J connectivity index is 1.05. The second-order valence-electron chi connectivity index (χ2n) is 10.5. The third kappa shape index (κ3) is 5.05. The molecule has 0 aliphatic carbocycles. The predicted octanol–water partition coefficient (Wildman–Crippen LogP) is 4.87. The van der Waals surface area contributed by atoms with Crippen molar-refractivity contribution in [3.05, 3.63) is 90.2 Å². The summed E-state index contributed by atoms with van der Waals surface area (Å²) >= 11 is 0. The van der Waals surface area contributed by atoms with Crippen molar-refractivity contribution in [3.8, 4) is 0 Å². The standard InChI is InChI=1S/C33H32FN3O3/c34-26-12-14-27(15-13-26)36-17-19-37(20-18-36)33(40)29(21-38)35-30(39)6-2-3-22-7-8-25-10-9-23-4-1-5-24-11-16-28(22)32(25)31(23)24/h1,4-5,7-16,29,38H,2-3,6,17-21H2,(H,35,39)/t29-/m0/s1. The quantitative estimate of drug-likeness (QED) is 0.277. The van der Waals surface area contributed by atoms with E-state index in [0.717, 1.165) is 12.1 Å². The van der Waals surface area contributed by atoms with Crippen LogP contribution in [0.3, 0.4) is 0 Å². The Morgan fingerprint density at radius 1 is 0.825 bits per heavy atom. The van der Waals surface area contributed by atoms with Gasteiger partial charge in [-0.05, 0) is 75.0 Å². The van der Waals surface area contributed by atoms with Gasteiger partial charge in [-0.1, -0.05) is 54.6 Å². The van der Waals surface area contributed by atoms with Gasteiger partial charge in [0.2, 0.25) is 11.8 Å². The minimum absolute atomic E-state index is 0.241. The highest BCUT2D eigenvalue weighted by atomic mass is 19.1. The molecule has 5 aromatic carbocycles. The monoisotopic (exact) mass is 537 g/mol. The number of hydrogen-bond donors (Lipinski definition) is 2. The van der Waals surface area contributed by atoms with Crippen LogP contribution in [-0.4, -0.2) is 60.6 Å². The van der Waals surface area contributed by atoms with E-state index in [1.54, 1.807) is 17.0 Å². The Morgan fingerprint density at radius 3 is 2.17 bits per heavy atom. The molecular formula is C33H32FN3O3. The number of nitrogens with one attached hydrogen (secondary N) is 1. The summed E-state index contributed by atoms with van der Waals surface area (Å²) in [5.41, 5.74) is 2.11. The Bertz CT molecular complexity index is 1650. The van der Waals surface area contributed by atoms with E-state index in [1.165, 1.54) is 50.0 Å². The maximum Gasteiger partial charge on any atom is 0.247 e. The van der Waals surface area contributed by atoms with Crippen LogP contribution in [0.25, 0.3) is 32.3 Å². The molecule has 1 aliphatic heterocycles. The molecule has 2 amide bonds. The molecule has 6 rings (SSSR count). The highest BCUT2D eigenvalue weighted by Gasteiger charge is 2.28. The van der Waals surface area contributed by atoms with Crippen LogP contribution in [0.5, 0.6) is 0 Å². The van der Waals surface area contributed by atoms with E-state index in [2.05, 4.69) is 64.8 Å². The summed E-state index contributed by atoms with van der Waals surface area (Å²) in [7, 11) is 0. The molecule has 1 fully saturated rings. The number of anilines is 1. The van der Waals surface area contributed by atoms with Crippen LogP contribution in [0.2, 0.25) is 0 Å². The number of halogens is 1. The first-order valence-electron chi connectivity index (χ1n) is 13.9. The Hall–Kier alpha value is -4.23. The van der Waals surface area contributed by atoms with E-state index in [-0.39, 0.29) is 24.1 Å². The molecule has 2 N–H and O–H groups in total. The van der Waals surface area contributed by atoms with Crippen LogP contribution in [0.4, 0.5) is 10.1 Å². The van der Waals surface area contributed by atoms with Gasteiger partial charge in [0.15, 0.2) is 0 Å². The number of amides is 2. The average Bonchev–Trinajstić information content (AvgIpc) is 2.99. The fraction of sp³-hybridized carbons (Fsp3) is 0.273. The van der Waals surface area contributed by atoms with Crippen molar-refractivity contribution >= 4 is 49.8 Å². The highest BCUT2D eigenvalue weighted by Crippen LogP contribution is 2.36. The summed E-state index contributed by atoms with van der Waals surface area (Å²) in [6, 6.07) is 24.7. The number of hydrogen-bond acceptors (Lipinski definition) is 4. The van der Waals surface area contributed by atoms with Gasteiger partial charge < -0.3 is 20.2 Å². The maximum absolute atomic E-state index is 13.2. The van der Waals surface area contributed by atoms with Crippen LogP contribution in [0.15, 0.2) is 78.9 Å². The molecule has 0 unspecified atom stereocenters. The van der Waals surface area contributed by atoms with E-state index in [4.69, 9.17) is 0 Å². The highest BCUT2D eigenvalue weighted by molar-refractivity contribution is 6.23. The molecule has 7 heteroatoms. The first-order chi connectivity index (χ1) is 19.5. The van der Waals surface area contributed by atoms with Crippen molar-refractivity contribution in [2.24, 2.45) is 0 Å². The summed E-state index contributed by atoms with van der Waals surface area (Å²) in [5.74, 6) is -0.800. The van der Waals surface area contributed by atoms with Gasteiger partial charge in [0, 0.05) is 38.3 Å². The zero-order valence-corrected chi connectivity index (χ0v) is 22.3. The molecule has 1 heterocycles. The zero-order chi connectivity index (χ0) is 27.6. The lowest BCUT2D eigenvalue weighted by molar-refractivity contribution is -0.137. The molecule has 6 nitrogen and oxygen atoms in total. The van der Waals surface area contributed by atoms with E-state index < -0.39 is 12.6 Å². The van der Waals surface area contributed by atoms with E-state index in [0.29, 0.717) is 32.6 Å². The Labute approximate surface area is 232 Å². The fourth-order valence-corrected chi connectivity index (χ4v) is 5.96. The number of carbonyl (C=O) groups excluding carboxylic acids is 2. The second kappa shape index (κ2) is 11.1. The maximum atomic E-state index is 13.2. The Kier molecular flexibility index (Phi) is 7.22. The van der Waals surface area contributed by atoms with Crippen molar-refractivity contribution in [1.29, 1.82) is 0 Å². The number of rotatable bonds is 8. The molecule has 0 aromatic heterocycles. The van der Waals surface area contributed by atoms with Crippen LogP contribution in [0, 0.1) is 5.82 Å². The fourth-order valence-electron chi connectivity index (χ4n) is 5.96. The summed E-state index contributed by atoms with van der Waals surface area (Å²) in [6.45, 7) is 1.69. The number of nitrogens with zero attached hydrogens (tertiary/aromatic N) is 2. The molecule has 0 spiro atoms. The summed E-state index contributed by atoms with van der Waals surface area (Å²) in [5, 5.41) is 20.0. The topological polar surface area (TPSA) is 72.9 Å². The number of benzene rings is 5. The van der Waals surface area contributed by atoms with Crippen molar-refractivity contribution in [2.75, 3.05) is 37.7 Å². The molecule has 40 heavy (non-hydrogen) atoms. The first kappa shape index (κ1) is 26.0. The van der Waals surface area contributed by atoms with Gasteiger partial charge in [0.25, 0.3) is 0 Å². The summed E-state index contributed by atoms with van der Waals surface area (Å²) < 4.78 is 13.2. The molecular weight excluding hydrogens is 505 g/mol. The molecule has 1 aliphatic rings. The molecule has 1 atom stereocenters. The normalized spacial score (nSPS) is 14.8. The molecule has 1 saturated heterocycles. The lowest BCUT2D eigenvalue weighted by Gasteiger charge is -2.37. The van der Waals surface area contributed by atoms with Crippen molar-refractivity contribution < 1.29 is 19.1 Å². The van der Waals surface area contributed by atoms with Crippen molar-refractivity contribution in [2.45, 2.75) is 25.3 Å². The SMILES string of the molecule is O=C(CCCc1ccc2ccc3cccc4ccc1c2c34)N[C@@H](CO)C(=O)N1CCN(c2ccc(F)cc2)CC1. The number of piperazine rings is 1. The van der Waals surface area contributed by atoms with Gasteiger partial charge in [0.05, 0.1) is 6.61 Å². The molecule has 0 bridgehead atoms. The van der Waals surface area contributed by atoms with E-state index in [9.17, 15) is 19.1 Å². The predicted molar refractivity (Wildman–Crippen MR) is 157 cm³/mol. The number of aryl methyl sites for hydroxylation is 1. The number of aliphatic hydroxyl groups excluding tert-OH is 1. The van der Waals surface area contributed by atoms with Gasteiger partial charge >= 0.3 is 0 Å². The van der Waals surface area contributed by atoms with Gasteiger partial charge in [-0.3, -0.25) is 9.59 Å². The van der Waals surface area contributed by atoms with E-state index >= 15 is 0 Å².